The number of amides is 1. The molecule has 4 aromatic rings. The van der Waals surface area contributed by atoms with E-state index in [2.05, 4.69) is 27.3 Å². The first-order valence-corrected chi connectivity index (χ1v) is 11.0. The molecular formula is C26H25N5O. The predicted octanol–water partition coefficient (Wildman–Crippen LogP) is 5.18. The minimum atomic E-state index is -0.197. The Bertz CT molecular complexity index is 1180. The van der Waals surface area contributed by atoms with E-state index in [4.69, 9.17) is 5.10 Å². The van der Waals surface area contributed by atoms with Gasteiger partial charge in [0.2, 0.25) is 0 Å². The Kier molecular flexibility index (Phi) is 5.66. The first-order valence-electron chi connectivity index (χ1n) is 11.0. The smallest absolute Gasteiger partial charge is 0.259 e. The van der Waals surface area contributed by atoms with E-state index >= 15 is 0 Å². The number of carbonyl (C=O) groups excluding carboxylic acids is 1. The number of aromatic nitrogens is 3. The zero-order valence-electron chi connectivity index (χ0n) is 17.8. The quantitative estimate of drug-likeness (QED) is 0.481. The Balaban J connectivity index is 1.42. The van der Waals surface area contributed by atoms with Crippen LogP contribution in [0.25, 0.3) is 16.9 Å². The van der Waals surface area contributed by atoms with E-state index in [1.54, 1.807) is 23.3 Å². The molecular weight excluding hydrogens is 398 g/mol. The lowest BCUT2D eigenvalue weighted by atomic mass is 10.1. The van der Waals surface area contributed by atoms with Gasteiger partial charge in [-0.3, -0.25) is 9.78 Å². The molecule has 6 heteroatoms. The molecule has 0 bridgehead atoms. The number of nitrogens with one attached hydrogen (secondary N) is 1. The van der Waals surface area contributed by atoms with Gasteiger partial charge in [0.05, 0.1) is 11.3 Å². The SMILES string of the molecule is O=C(Nc1ccc(N2CCCCC2)cc1)c1cn(-c2ccccc2)nc1-c1cccnc1. The summed E-state index contributed by atoms with van der Waals surface area (Å²) in [6.45, 7) is 2.19. The molecule has 1 aliphatic rings. The number of nitrogens with zero attached hydrogens (tertiary/aromatic N) is 4. The number of carbonyl (C=O) groups is 1. The van der Waals surface area contributed by atoms with Crippen molar-refractivity contribution >= 4 is 17.3 Å². The van der Waals surface area contributed by atoms with Crippen LogP contribution in [0.4, 0.5) is 11.4 Å². The van der Waals surface area contributed by atoms with E-state index in [0.717, 1.165) is 30.0 Å². The second kappa shape index (κ2) is 9.06. The van der Waals surface area contributed by atoms with Crippen LogP contribution in [-0.2, 0) is 0 Å². The fourth-order valence-corrected chi connectivity index (χ4v) is 4.08. The molecule has 2 aromatic heterocycles. The fraction of sp³-hybridized carbons (Fsp3) is 0.192. The number of anilines is 2. The van der Waals surface area contributed by atoms with Crippen molar-refractivity contribution in [3.8, 4) is 16.9 Å². The zero-order chi connectivity index (χ0) is 21.8. The van der Waals surface area contributed by atoms with Gasteiger partial charge >= 0.3 is 0 Å². The van der Waals surface area contributed by atoms with Crippen molar-refractivity contribution in [1.29, 1.82) is 0 Å². The van der Waals surface area contributed by atoms with Crippen molar-refractivity contribution in [2.75, 3.05) is 23.3 Å². The second-order valence-corrected chi connectivity index (χ2v) is 7.96. The summed E-state index contributed by atoms with van der Waals surface area (Å²) in [5.74, 6) is -0.197. The second-order valence-electron chi connectivity index (χ2n) is 7.96. The van der Waals surface area contributed by atoms with Gasteiger partial charge in [-0.05, 0) is 67.8 Å². The van der Waals surface area contributed by atoms with E-state index < -0.39 is 0 Å². The highest BCUT2D eigenvalue weighted by Crippen LogP contribution is 2.25. The highest BCUT2D eigenvalue weighted by molar-refractivity contribution is 6.08. The van der Waals surface area contributed by atoms with Crippen molar-refractivity contribution < 1.29 is 4.79 Å². The van der Waals surface area contributed by atoms with E-state index in [-0.39, 0.29) is 5.91 Å². The summed E-state index contributed by atoms with van der Waals surface area (Å²) in [5.41, 5.74) is 4.76. The molecule has 160 valence electrons. The van der Waals surface area contributed by atoms with Gasteiger partial charge in [-0.25, -0.2) is 4.68 Å². The molecule has 3 heterocycles. The number of benzene rings is 2. The summed E-state index contributed by atoms with van der Waals surface area (Å²) >= 11 is 0. The van der Waals surface area contributed by atoms with Crippen molar-refractivity contribution in [2.45, 2.75) is 19.3 Å². The van der Waals surface area contributed by atoms with Crippen molar-refractivity contribution in [3.63, 3.8) is 0 Å². The Morgan fingerprint density at radius 3 is 2.34 bits per heavy atom. The lowest BCUT2D eigenvalue weighted by Gasteiger charge is -2.28. The van der Waals surface area contributed by atoms with Crippen LogP contribution < -0.4 is 10.2 Å². The number of pyridine rings is 1. The molecule has 0 radical (unpaired) electrons. The van der Waals surface area contributed by atoms with Crippen LogP contribution in [0.1, 0.15) is 29.6 Å². The first kappa shape index (κ1) is 20.0. The van der Waals surface area contributed by atoms with Crippen LogP contribution in [0.3, 0.4) is 0 Å². The molecule has 0 atom stereocenters. The highest BCUT2D eigenvalue weighted by atomic mass is 16.1. The Morgan fingerprint density at radius 1 is 0.844 bits per heavy atom. The summed E-state index contributed by atoms with van der Waals surface area (Å²) in [6, 6.07) is 21.6. The van der Waals surface area contributed by atoms with Crippen LogP contribution in [-0.4, -0.2) is 33.8 Å². The normalized spacial score (nSPS) is 13.7. The number of para-hydroxylation sites is 1. The average Bonchev–Trinajstić information content (AvgIpc) is 3.32. The van der Waals surface area contributed by atoms with Gasteiger partial charge < -0.3 is 10.2 Å². The lowest BCUT2D eigenvalue weighted by Crippen LogP contribution is -2.29. The third-order valence-corrected chi connectivity index (χ3v) is 5.76. The van der Waals surface area contributed by atoms with Gasteiger partial charge in [0, 0.05) is 48.6 Å². The number of hydrogen-bond acceptors (Lipinski definition) is 4. The molecule has 1 amide bonds. The van der Waals surface area contributed by atoms with E-state index in [0.29, 0.717) is 11.3 Å². The van der Waals surface area contributed by atoms with E-state index in [9.17, 15) is 4.79 Å². The third-order valence-electron chi connectivity index (χ3n) is 5.76. The van der Waals surface area contributed by atoms with Crippen LogP contribution in [0.15, 0.2) is 85.3 Å². The molecule has 2 aromatic carbocycles. The van der Waals surface area contributed by atoms with Crippen LogP contribution in [0, 0.1) is 0 Å². The Labute approximate surface area is 187 Å². The van der Waals surface area contributed by atoms with Crippen LogP contribution in [0.5, 0.6) is 0 Å². The standard InChI is InChI=1S/C26H25N5O/c32-26(28-21-11-13-22(14-12-21)30-16-5-2-6-17-30)24-19-31(23-9-3-1-4-10-23)29-25(24)20-8-7-15-27-18-20/h1,3-4,7-15,18-19H,2,5-6,16-17H2,(H,28,32). The molecule has 6 nitrogen and oxygen atoms in total. The lowest BCUT2D eigenvalue weighted by molar-refractivity contribution is 0.102. The summed E-state index contributed by atoms with van der Waals surface area (Å²) in [5, 5.41) is 7.73. The number of hydrogen-bond donors (Lipinski definition) is 1. The largest absolute Gasteiger partial charge is 0.372 e. The maximum Gasteiger partial charge on any atom is 0.259 e. The summed E-state index contributed by atoms with van der Waals surface area (Å²) in [6.07, 6.45) is 8.99. The Morgan fingerprint density at radius 2 is 1.62 bits per heavy atom. The van der Waals surface area contributed by atoms with Crippen LogP contribution >= 0.6 is 0 Å². The fourth-order valence-electron chi connectivity index (χ4n) is 4.08. The molecule has 5 rings (SSSR count). The molecule has 1 fully saturated rings. The molecule has 1 saturated heterocycles. The summed E-state index contributed by atoms with van der Waals surface area (Å²) < 4.78 is 1.73. The molecule has 0 spiro atoms. The number of rotatable bonds is 5. The monoisotopic (exact) mass is 423 g/mol. The highest BCUT2D eigenvalue weighted by Gasteiger charge is 2.19. The summed E-state index contributed by atoms with van der Waals surface area (Å²) in [7, 11) is 0. The van der Waals surface area contributed by atoms with E-state index in [1.165, 1.54) is 24.9 Å². The molecule has 0 aliphatic carbocycles. The van der Waals surface area contributed by atoms with Gasteiger partial charge in [0.1, 0.15) is 5.69 Å². The van der Waals surface area contributed by atoms with Gasteiger partial charge in [-0.2, -0.15) is 5.10 Å². The number of piperidine rings is 1. The van der Waals surface area contributed by atoms with Gasteiger partial charge in [-0.1, -0.05) is 18.2 Å². The Hall–Kier alpha value is -3.93. The first-order chi connectivity index (χ1) is 15.8. The van der Waals surface area contributed by atoms with Gasteiger partial charge in [0.15, 0.2) is 0 Å². The molecule has 0 saturated carbocycles. The van der Waals surface area contributed by atoms with Gasteiger partial charge in [0.25, 0.3) is 5.91 Å². The molecule has 0 unspecified atom stereocenters. The topological polar surface area (TPSA) is 63.1 Å². The van der Waals surface area contributed by atoms with Crippen molar-refractivity contribution in [1.82, 2.24) is 14.8 Å². The van der Waals surface area contributed by atoms with E-state index in [1.807, 2.05) is 54.6 Å². The maximum absolute atomic E-state index is 13.2. The average molecular weight is 424 g/mol. The molecule has 1 aliphatic heterocycles. The van der Waals surface area contributed by atoms with Crippen LogP contribution in [0.2, 0.25) is 0 Å². The maximum atomic E-state index is 13.2. The van der Waals surface area contributed by atoms with Crippen molar-refractivity contribution in [2.24, 2.45) is 0 Å². The summed E-state index contributed by atoms with van der Waals surface area (Å²) in [4.78, 5) is 19.8. The van der Waals surface area contributed by atoms with Crippen molar-refractivity contribution in [3.05, 3.63) is 90.9 Å². The predicted molar refractivity (Wildman–Crippen MR) is 127 cm³/mol. The molecule has 1 N–H and O–H groups in total. The third kappa shape index (κ3) is 4.25. The minimum Gasteiger partial charge on any atom is -0.372 e. The van der Waals surface area contributed by atoms with Gasteiger partial charge in [-0.15, -0.1) is 0 Å². The molecule has 32 heavy (non-hydrogen) atoms. The zero-order valence-corrected chi connectivity index (χ0v) is 17.8. The minimum absolute atomic E-state index is 0.197.